The largest absolute Gasteiger partial charge is 0.506 e. The Morgan fingerprint density at radius 1 is 1.04 bits per heavy atom. The maximum atomic E-state index is 12.2. The van der Waals surface area contributed by atoms with Crippen LogP contribution >= 0.6 is 0 Å². The summed E-state index contributed by atoms with van der Waals surface area (Å²) in [6.45, 7) is 6.36. The second-order valence-corrected chi connectivity index (χ2v) is 6.97. The molecule has 3 rings (SSSR count). The third-order valence-corrected chi connectivity index (χ3v) is 4.17. The Bertz CT molecular complexity index is 854. The number of hydrogen-bond donors (Lipinski definition) is 2. The van der Waals surface area contributed by atoms with Gasteiger partial charge in [0.2, 0.25) is 0 Å². The van der Waals surface area contributed by atoms with Gasteiger partial charge in [-0.25, -0.2) is 0 Å². The number of anilines is 1. The first-order chi connectivity index (χ1) is 11.4. The average molecular weight is 319 g/mol. The number of benzene rings is 2. The highest BCUT2D eigenvalue weighted by atomic mass is 16.3. The van der Waals surface area contributed by atoms with E-state index < -0.39 is 0 Å². The Labute approximate surface area is 142 Å². The normalized spacial score (nSPS) is 15.5. The van der Waals surface area contributed by atoms with Crippen LogP contribution in [0.4, 0.5) is 5.69 Å². The van der Waals surface area contributed by atoms with Crippen LogP contribution in [-0.4, -0.2) is 10.9 Å². The summed E-state index contributed by atoms with van der Waals surface area (Å²) in [5.41, 5.74) is 4.18. The fourth-order valence-electron chi connectivity index (χ4n) is 2.69. The standard InChI is InChI=1S/C21H21NO2/c1-21(2,3)15-9-11-20(24)18(12-15)22-13-17-16-7-5-4-6-14(16)8-10-19(17)23/h4-13,22,24H,1-3H3. The molecule has 0 radical (unpaired) electrons. The van der Waals surface area contributed by atoms with E-state index in [9.17, 15) is 9.90 Å². The summed E-state index contributed by atoms with van der Waals surface area (Å²) >= 11 is 0. The molecule has 3 heteroatoms. The van der Waals surface area contributed by atoms with Crippen molar-refractivity contribution in [1.29, 1.82) is 0 Å². The van der Waals surface area contributed by atoms with Crippen molar-refractivity contribution in [2.45, 2.75) is 26.2 Å². The molecule has 0 aromatic heterocycles. The van der Waals surface area contributed by atoms with Crippen molar-refractivity contribution in [2.24, 2.45) is 0 Å². The molecule has 3 nitrogen and oxygen atoms in total. The van der Waals surface area contributed by atoms with Crippen molar-refractivity contribution >= 4 is 23.1 Å². The Morgan fingerprint density at radius 2 is 1.79 bits per heavy atom. The Morgan fingerprint density at radius 3 is 2.54 bits per heavy atom. The molecule has 0 heterocycles. The van der Waals surface area contributed by atoms with E-state index in [0.717, 1.165) is 16.7 Å². The second kappa shape index (κ2) is 6.00. The lowest BCUT2D eigenvalue weighted by Crippen LogP contribution is -2.11. The molecule has 0 bridgehead atoms. The number of carbonyl (C=O) groups is 1. The number of ketones is 1. The Kier molecular flexibility index (Phi) is 4.02. The quantitative estimate of drug-likeness (QED) is 0.621. The highest BCUT2D eigenvalue weighted by molar-refractivity contribution is 6.30. The van der Waals surface area contributed by atoms with E-state index in [4.69, 9.17) is 0 Å². The molecule has 1 aliphatic carbocycles. The van der Waals surface area contributed by atoms with Crippen LogP contribution in [0.2, 0.25) is 0 Å². The number of fused-ring (bicyclic) bond motifs is 1. The van der Waals surface area contributed by atoms with Crippen molar-refractivity contribution in [1.82, 2.24) is 0 Å². The van der Waals surface area contributed by atoms with Gasteiger partial charge in [-0.05, 0) is 40.3 Å². The number of rotatable bonds is 2. The fraction of sp³-hybridized carbons (Fsp3) is 0.190. The minimum Gasteiger partial charge on any atom is -0.506 e. The van der Waals surface area contributed by atoms with Gasteiger partial charge in [0.15, 0.2) is 5.78 Å². The van der Waals surface area contributed by atoms with Crippen LogP contribution in [0.5, 0.6) is 5.75 Å². The van der Waals surface area contributed by atoms with Crippen LogP contribution in [0.1, 0.15) is 37.5 Å². The van der Waals surface area contributed by atoms with E-state index in [-0.39, 0.29) is 16.9 Å². The molecule has 122 valence electrons. The lowest BCUT2D eigenvalue weighted by atomic mass is 9.87. The fourth-order valence-corrected chi connectivity index (χ4v) is 2.69. The second-order valence-electron chi connectivity index (χ2n) is 6.97. The minimum absolute atomic E-state index is 0.0206. The molecular weight excluding hydrogens is 298 g/mol. The first-order valence-electron chi connectivity index (χ1n) is 7.98. The predicted molar refractivity (Wildman–Crippen MR) is 98.9 cm³/mol. The number of nitrogens with one attached hydrogen (secondary N) is 1. The van der Waals surface area contributed by atoms with Gasteiger partial charge in [0.25, 0.3) is 0 Å². The van der Waals surface area contributed by atoms with E-state index in [1.165, 1.54) is 0 Å². The maximum absolute atomic E-state index is 12.2. The van der Waals surface area contributed by atoms with Gasteiger partial charge in [-0.3, -0.25) is 4.79 Å². The SMILES string of the molecule is CC(C)(C)c1ccc(O)c(NC=C2C(=O)C=Cc3ccccc32)c1. The highest BCUT2D eigenvalue weighted by Gasteiger charge is 2.18. The van der Waals surface area contributed by atoms with Crippen molar-refractivity contribution in [2.75, 3.05) is 5.32 Å². The molecule has 2 N–H and O–H groups in total. The van der Waals surface area contributed by atoms with Crippen molar-refractivity contribution in [3.8, 4) is 5.75 Å². The smallest absolute Gasteiger partial charge is 0.187 e. The first kappa shape index (κ1) is 16.1. The molecule has 0 atom stereocenters. The predicted octanol–water partition coefficient (Wildman–Crippen LogP) is 4.74. The number of allylic oxidation sites excluding steroid dienone is 2. The summed E-state index contributed by atoms with van der Waals surface area (Å²) in [7, 11) is 0. The number of aromatic hydroxyl groups is 1. The van der Waals surface area contributed by atoms with Crippen LogP contribution in [0, 0.1) is 0 Å². The van der Waals surface area contributed by atoms with E-state index in [1.807, 2.05) is 42.5 Å². The van der Waals surface area contributed by atoms with Gasteiger partial charge in [0.05, 0.1) is 5.69 Å². The van der Waals surface area contributed by atoms with Crippen LogP contribution in [0.3, 0.4) is 0 Å². The zero-order chi connectivity index (χ0) is 17.3. The van der Waals surface area contributed by atoms with E-state index in [2.05, 4.69) is 26.1 Å². The van der Waals surface area contributed by atoms with Gasteiger partial charge in [0, 0.05) is 11.8 Å². The Hall–Kier alpha value is -2.81. The summed E-state index contributed by atoms with van der Waals surface area (Å²) in [5.74, 6) is 0.111. The van der Waals surface area contributed by atoms with E-state index in [1.54, 1.807) is 18.3 Å². The van der Waals surface area contributed by atoms with Crippen LogP contribution in [0.25, 0.3) is 11.6 Å². The van der Waals surface area contributed by atoms with Gasteiger partial charge in [-0.2, -0.15) is 0 Å². The molecule has 0 unspecified atom stereocenters. The number of carbonyl (C=O) groups excluding carboxylic acids is 1. The summed E-state index contributed by atoms with van der Waals surface area (Å²) in [6.07, 6.45) is 5.07. The van der Waals surface area contributed by atoms with Crippen LogP contribution < -0.4 is 5.32 Å². The lowest BCUT2D eigenvalue weighted by Gasteiger charge is -2.20. The van der Waals surface area contributed by atoms with Crippen LogP contribution in [0.15, 0.2) is 54.7 Å². The first-order valence-corrected chi connectivity index (χ1v) is 7.98. The molecule has 0 spiro atoms. The lowest BCUT2D eigenvalue weighted by molar-refractivity contribution is -0.109. The molecule has 2 aromatic carbocycles. The van der Waals surface area contributed by atoms with Crippen molar-refractivity contribution in [3.05, 3.63) is 71.4 Å². The molecule has 24 heavy (non-hydrogen) atoms. The third kappa shape index (κ3) is 3.11. The summed E-state index contributed by atoms with van der Waals surface area (Å²) in [4.78, 5) is 12.2. The summed E-state index contributed by atoms with van der Waals surface area (Å²) in [6, 6.07) is 13.3. The van der Waals surface area contributed by atoms with Crippen molar-refractivity contribution < 1.29 is 9.90 Å². The zero-order valence-electron chi connectivity index (χ0n) is 14.1. The number of hydrogen-bond acceptors (Lipinski definition) is 3. The number of phenols is 1. The molecule has 2 aromatic rings. The molecular formula is C21H21NO2. The highest BCUT2D eigenvalue weighted by Crippen LogP contribution is 2.32. The maximum Gasteiger partial charge on any atom is 0.187 e. The topological polar surface area (TPSA) is 49.3 Å². The van der Waals surface area contributed by atoms with Gasteiger partial charge in [0.1, 0.15) is 5.75 Å². The van der Waals surface area contributed by atoms with Gasteiger partial charge < -0.3 is 10.4 Å². The molecule has 1 aliphatic rings. The molecule has 0 fully saturated rings. The Balaban J connectivity index is 1.97. The third-order valence-electron chi connectivity index (χ3n) is 4.17. The molecule has 0 saturated heterocycles. The van der Waals surface area contributed by atoms with Crippen LogP contribution in [-0.2, 0) is 10.2 Å². The molecule has 0 aliphatic heterocycles. The van der Waals surface area contributed by atoms with Gasteiger partial charge in [-0.1, -0.05) is 57.2 Å². The summed E-state index contributed by atoms with van der Waals surface area (Å²) in [5, 5.41) is 13.2. The van der Waals surface area contributed by atoms with Gasteiger partial charge >= 0.3 is 0 Å². The minimum atomic E-state index is -0.0485. The molecule has 0 saturated carbocycles. The average Bonchev–Trinajstić information content (AvgIpc) is 2.54. The monoisotopic (exact) mass is 319 g/mol. The number of phenolic OH excluding ortho intramolecular Hbond substituents is 1. The molecule has 0 amide bonds. The van der Waals surface area contributed by atoms with E-state index in [0.29, 0.717) is 11.3 Å². The van der Waals surface area contributed by atoms with Crippen molar-refractivity contribution in [3.63, 3.8) is 0 Å². The summed E-state index contributed by atoms with van der Waals surface area (Å²) < 4.78 is 0. The van der Waals surface area contributed by atoms with Gasteiger partial charge in [-0.15, -0.1) is 0 Å². The van der Waals surface area contributed by atoms with E-state index >= 15 is 0 Å². The zero-order valence-corrected chi connectivity index (χ0v) is 14.1.